The largest absolute Gasteiger partial charge is 0.469 e. The van der Waals surface area contributed by atoms with Crippen LogP contribution >= 0.6 is 11.3 Å². The fourth-order valence-electron chi connectivity index (χ4n) is 5.02. The average molecular weight is 601 g/mol. The summed E-state index contributed by atoms with van der Waals surface area (Å²) in [6.45, 7) is 7.87. The van der Waals surface area contributed by atoms with Crippen LogP contribution in [0.4, 0.5) is 0 Å². The van der Waals surface area contributed by atoms with Crippen molar-refractivity contribution in [1.29, 1.82) is 0 Å². The second-order valence-electron chi connectivity index (χ2n) is 11.9. The molecule has 1 aromatic carbocycles. The molecule has 1 aliphatic heterocycles. The van der Waals surface area contributed by atoms with Crippen LogP contribution in [0.2, 0.25) is 0 Å². The third-order valence-corrected chi connectivity index (χ3v) is 8.45. The lowest BCUT2D eigenvalue weighted by atomic mass is 9.85. The summed E-state index contributed by atoms with van der Waals surface area (Å²) in [6.07, 6.45) is 2.86. The Morgan fingerprint density at radius 1 is 1.10 bits per heavy atom. The highest BCUT2D eigenvalue weighted by Gasteiger charge is 2.44. The van der Waals surface area contributed by atoms with Crippen LogP contribution in [-0.4, -0.2) is 70.5 Å². The lowest BCUT2D eigenvalue weighted by molar-refractivity contribution is -0.144. The van der Waals surface area contributed by atoms with Crippen molar-refractivity contribution in [2.75, 3.05) is 13.7 Å². The molecule has 1 saturated heterocycles. The Kier molecular flexibility index (Phi) is 12.0. The van der Waals surface area contributed by atoms with Crippen molar-refractivity contribution in [2.45, 2.75) is 97.4 Å². The number of aliphatic hydroxyl groups is 1. The molecule has 3 atom stereocenters. The zero-order valence-corrected chi connectivity index (χ0v) is 26.1. The van der Waals surface area contributed by atoms with Crippen molar-refractivity contribution < 1.29 is 29.0 Å². The van der Waals surface area contributed by atoms with E-state index in [9.17, 15) is 24.3 Å². The van der Waals surface area contributed by atoms with E-state index in [1.165, 1.54) is 12.0 Å². The minimum atomic E-state index is -0.854. The highest BCUT2D eigenvalue weighted by molar-refractivity contribution is 7.13. The van der Waals surface area contributed by atoms with Crippen LogP contribution in [0.25, 0.3) is 10.4 Å². The molecule has 0 radical (unpaired) electrons. The summed E-state index contributed by atoms with van der Waals surface area (Å²) in [6, 6.07) is 6.21. The van der Waals surface area contributed by atoms with Gasteiger partial charge in [-0.25, -0.2) is 4.98 Å². The van der Waals surface area contributed by atoms with Gasteiger partial charge >= 0.3 is 5.97 Å². The number of amides is 3. The Bertz CT molecular complexity index is 1220. The van der Waals surface area contributed by atoms with Crippen LogP contribution in [0.5, 0.6) is 0 Å². The first-order valence-electron chi connectivity index (χ1n) is 14.5. The Labute approximate surface area is 252 Å². The number of methoxy groups -OCH3 is 1. The average Bonchev–Trinajstić information content (AvgIpc) is 3.56. The molecule has 10 nitrogen and oxygen atoms in total. The second kappa shape index (κ2) is 15.2. The van der Waals surface area contributed by atoms with Crippen molar-refractivity contribution in [3.8, 4) is 10.4 Å². The van der Waals surface area contributed by atoms with Crippen molar-refractivity contribution >= 4 is 35.0 Å². The topological polar surface area (TPSA) is 138 Å². The molecule has 0 saturated carbocycles. The number of benzene rings is 1. The standard InChI is InChI=1S/C31H44N4O6S/c1-20-27(42-19-33-20)22-14-12-21(13-15-22)17-32-29(39)24-16-23(36)18-35(24)30(40)28(31(2,3)4)34-25(37)10-8-6-7-9-11-26(38)41-5/h12-15,19,23-24,28,36H,6-11,16-18H2,1-5H3,(H,32,39)(H,34,37)/t23-,24?,28?/m1/s1. The third kappa shape index (κ3) is 9.35. The first-order valence-corrected chi connectivity index (χ1v) is 15.4. The molecule has 230 valence electrons. The van der Waals surface area contributed by atoms with Gasteiger partial charge in [-0.3, -0.25) is 19.2 Å². The van der Waals surface area contributed by atoms with E-state index < -0.39 is 23.6 Å². The molecule has 1 aliphatic rings. The van der Waals surface area contributed by atoms with Gasteiger partial charge in [0.1, 0.15) is 12.1 Å². The maximum absolute atomic E-state index is 13.7. The summed E-state index contributed by atoms with van der Waals surface area (Å²) in [5, 5.41) is 16.2. The van der Waals surface area contributed by atoms with Crippen molar-refractivity contribution in [1.82, 2.24) is 20.5 Å². The van der Waals surface area contributed by atoms with Gasteiger partial charge in [-0.2, -0.15) is 0 Å². The van der Waals surface area contributed by atoms with Crippen LogP contribution in [0.15, 0.2) is 29.8 Å². The van der Waals surface area contributed by atoms with E-state index in [2.05, 4.69) is 20.4 Å². The number of esters is 1. The number of likely N-dealkylation sites (tertiary alicyclic amines) is 1. The van der Waals surface area contributed by atoms with Crippen LogP contribution in [0.1, 0.15) is 77.0 Å². The zero-order valence-electron chi connectivity index (χ0n) is 25.3. The van der Waals surface area contributed by atoms with Crippen LogP contribution < -0.4 is 10.6 Å². The summed E-state index contributed by atoms with van der Waals surface area (Å²) >= 11 is 1.58. The molecule has 3 amide bonds. The van der Waals surface area contributed by atoms with Crippen molar-refractivity contribution in [2.24, 2.45) is 5.41 Å². The van der Waals surface area contributed by atoms with Crippen molar-refractivity contribution in [3.63, 3.8) is 0 Å². The molecule has 2 unspecified atom stereocenters. The van der Waals surface area contributed by atoms with Crippen molar-refractivity contribution in [3.05, 3.63) is 41.0 Å². The fraction of sp³-hybridized carbons (Fsp3) is 0.581. The first kappa shape index (κ1) is 33.2. The number of unbranched alkanes of at least 4 members (excludes halogenated alkanes) is 3. The van der Waals surface area contributed by atoms with Gasteiger partial charge in [-0.05, 0) is 36.3 Å². The molecule has 11 heteroatoms. The fourth-order valence-corrected chi connectivity index (χ4v) is 5.84. The van der Waals surface area contributed by atoms with E-state index in [0.717, 1.165) is 34.5 Å². The van der Waals surface area contributed by atoms with Crippen LogP contribution in [-0.2, 0) is 30.5 Å². The summed E-state index contributed by atoms with van der Waals surface area (Å²) in [5.41, 5.74) is 4.16. The number of aryl methyl sites for hydroxylation is 1. The highest BCUT2D eigenvalue weighted by atomic mass is 32.1. The number of thiazole rings is 1. The number of carbonyl (C=O) groups excluding carboxylic acids is 4. The van der Waals surface area contributed by atoms with E-state index >= 15 is 0 Å². The van der Waals surface area contributed by atoms with Crippen LogP contribution in [0, 0.1) is 12.3 Å². The number of aromatic nitrogens is 1. The van der Waals surface area contributed by atoms with E-state index in [1.54, 1.807) is 11.3 Å². The molecule has 42 heavy (non-hydrogen) atoms. The molecule has 0 spiro atoms. The van der Waals surface area contributed by atoms with Gasteiger partial charge in [-0.1, -0.05) is 57.9 Å². The first-order chi connectivity index (χ1) is 19.9. The Morgan fingerprint density at radius 3 is 2.36 bits per heavy atom. The molecule has 2 aromatic rings. The number of carbonyl (C=O) groups is 4. The summed E-state index contributed by atoms with van der Waals surface area (Å²) in [4.78, 5) is 57.7. The van der Waals surface area contributed by atoms with Gasteiger partial charge in [0.2, 0.25) is 17.7 Å². The normalized spacial score (nSPS) is 17.5. The number of aliphatic hydroxyl groups excluding tert-OH is 1. The Hall–Kier alpha value is -3.31. The van der Waals surface area contributed by atoms with Gasteiger partial charge in [0.15, 0.2) is 0 Å². The SMILES string of the molecule is COC(=O)CCCCCCC(=O)NC(C(=O)N1C[C@H](O)CC1C(=O)NCc1ccc(-c2scnc2C)cc1)C(C)(C)C. The van der Waals surface area contributed by atoms with Gasteiger partial charge in [0.25, 0.3) is 0 Å². The van der Waals surface area contributed by atoms with E-state index in [1.807, 2.05) is 57.5 Å². The maximum Gasteiger partial charge on any atom is 0.305 e. The number of hydrogen-bond acceptors (Lipinski definition) is 8. The van der Waals surface area contributed by atoms with E-state index in [4.69, 9.17) is 0 Å². The Balaban J connectivity index is 1.56. The maximum atomic E-state index is 13.7. The minimum absolute atomic E-state index is 0.0302. The third-order valence-electron chi connectivity index (χ3n) is 7.47. The monoisotopic (exact) mass is 600 g/mol. The van der Waals surface area contributed by atoms with Gasteiger partial charge in [-0.15, -0.1) is 11.3 Å². The molecule has 2 heterocycles. The minimum Gasteiger partial charge on any atom is -0.469 e. The summed E-state index contributed by atoms with van der Waals surface area (Å²) < 4.78 is 4.64. The van der Waals surface area contributed by atoms with E-state index in [-0.39, 0.29) is 49.6 Å². The molecule has 1 fully saturated rings. The van der Waals surface area contributed by atoms with Gasteiger partial charge < -0.3 is 25.4 Å². The molecular formula is C31H44N4O6S. The molecule has 3 rings (SSSR count). The highest BCUT2D eigenvalue weighted by Crippen LogP contribution is 2.28. The second-order valence-corrected chi connectivity index (χ2v) is 12.8. The molecular weight excluding hydrogens is 556 g/mol. The number of rotatable bonds is 13. The number of β-amino-alcohol motifs (C(OH)–C–C–N with tert-alkyl or cyclic N) is 1. The molecule has 0 aliphatic carbocycles. The van der Waals surface area contributed by atoms with Gasteiger partial charge in [0, 0.05) is 32.4 Å². The van der Waals surface area contributed by atoms with Crippen LogP contribution in [0.3, 0.4) is 0 Å². The zero-order chi connectivity index (χ0) is 30.9. The Morgan fingerprint density at radius 2 is 1.76 bits per heavy atom. The summed E-state index contributed by atoms with van der Waals surface area (Å²) in [5.74, 6) is -1.20. The molecule has 0 bridgehead atoms. The lowest BCUT2D eigenvalue weighted by Gasteiger charge is -2.35. The number of nitrogens with zero attached hydrogens (tertiary/aromatic N) is 2. The smallest absolute Gasteiger partial charge is 0.305 e. The van der Waals surface area contributed by atoms with E-state index in [0.29, 0.717) is 19.3 Å². The van der Waals surface area contributed by atoms with Gasteiger partial charge in [0.05, 0.1) is 29.3 Å². The summed E-state index contributed by atoms with van der Waals surface area (Å²) in [7, 11) is 1.36. The number of nitrogens with one attached hydrogen (secondary N) is 2. The number of ether oxygens (including phenoxy) is 1. The lowest BCUT2D eigenvalue weighted by Crippen LogP contribution is -2.57. The molecule has 3 N–H and O–H groups in total. The predicted octanol–water partition coefficient (Wildman–Crippen LogP) is 3.74. The predicted molar refractivity (Wildman–Crippen MR) is 161 cm³/mol. The number of hydrogen-bond donors (Lipinski definition) is 3. The molecule has 1 aromatic heterocycles. The quantitative estimate of drug-likeness (QED) is 0.235.